The van der Waals surface area contributed by atoms with Crippen LogP contribution in [0.25, 0.3) is 0 Å². The topological polar surface area (TPSA) is 64.6 Å². The Kier molecular flexibility index (Phi) is 11.6. The molecule has 1 N–H and O–H groups in total. The van der Waals surface area contributed by atoms with Crippen LogP contribution in [-0.4, -0.2) is 31.3 Å². The highest BCUT2D eigenvalue weighted by Crippen LogP contribution is 2.08. The summed E-state index contributed by atoms with van der Waals surface area (Å²) in [4.78, 5) is 23.8. The molecule has 0 bridgehead atoms. The lowest BCUT2D eigenvalue weighted by Gasteiger charge is -2.19. The van der Waals surface area contributed by atoms with Crippen LogP contribution in [0.4, 0.5) is 4.79 Å². The van der Waals surface area contributed by atoms with E-state index in [9.17, 15) is 9.59 Å². The molecule has 5 nitrogen and oxygen atoms in total. The largest absolute Gasteiger partial charge is 0.464 e. The number of alkyl carbamates (subject to hydrolysis) is 1. The lowest BCUT2D eigenvalue weighted by molar-refractivity contribution is -0.146. The first-order chi connectivity index (χ1) is 10.4. The molecule has 0 aliphatic heterocycles. The van der Waals surface area contributed by atoms with Gasteiger partial charge >= 0.3 is 12.1 Å². The van der Waals surface area contributed by atoms with Crippen molar-refractivity contribution in [2.24, 2.45) is 11.8 Å². The number of esters is 1. The molecule has 22 heavy (non-hydrogen) atoms. The van der Waals surface area contributed by atoms with Crippen molar-refractivity contribution in [3.05, 3.63) is 0 Å². The van der Waals surface area contributed by atoms with Crippen molar-refractivity contribution < 1.29 is 19.1 Å². The monoisotopic (exact) mass is 315 g/mol. The number of hydrogen-bond acceptors (Lipinski definition) is 4. The van der Waals surface area contributed by atoms with E-state index in [4.69, 9.17) is 9.47 Å². The van der Waals surface area contributed by atoms with E-state index >= 15 is 0 Å². The van der Waals surface area contributed by atoms with Crippen molar-refractivity contribution in [3.63, 3.8) is 0 Å². The highest BCUT2D eigenvalue weighted by molar-refractivity contribution is 5.81. The van der Waals surface area contributed by atoms with Crippen molar-refractivity contribution in [2.75, 3.05) is 13.2 Å². The van der Waals surface area contributed by atoms with Gasteiger partial charge in [0.25, 0.3) is 0 Å². The molecule has 130 valence electrons. The van der Waals surface area contributed by atoms with Gasteiger partial charge in [0.1, 0.15) is 6.04 Å². The summed E-state index contributed by atoms with van der Waals surface area (Å²) in [5.74, 6) is 0.176. The van der Waals surface area contributed by atoms with Crippen LogP contribution in [0.3, 0.4) is 0 Å². The third-order valence-electron chi connectivity index (χ3n) is 3.07. The number of ether oxygens (including phenoxy) is 2. The van der Waals surface area contributed by atoms with E-state index in [1.165, 1.54) is 0 Å². The third-order valence-corrected chi connectivity index (χ3v) is 3.07. The van der Waals surface area contributed by atoms with Crippen LogP contribution >= 0.6 is 0 Å². The average molecular weight is 315 g/mol. The minimum absolute atomic E-state index is 0.264. The summed E-state index contributed by atoms with van der Waals surface area (Å²) >= 11 is 0. The second kappa shape index (κ2) is 12.3. The Balaban J connectivity index is 4.24. The van der Waals surface area contributed by atoms with Gasteiger partial charge in [-0.3, -0.25) is 0 Å². The van der Waals surface area contributed by atoms with Gasteiger partial charge in [0.15, 0.2) is 0 Å². The normalized spacial score (nSPS) is 12.3. The smallest absolute Gasteiger partial charge is 0.407 e. The summed E-state index contributed by atoms with van der Waals surface area (Å²) in [5, 5.41) is 2.62. The molecule has 0 saturated carbocycles. The molecule has 0 saturated heterocycles. The van der Waals surface area contributed by atoms with Gasteiger partial charge in [-0.15, -0.1) is 0 Å². The van der Waals surface area contributed by atoms with Gasteiger partial charge in [-0.1, -0.05) is 53.9 Å². The van der Waals surface area contributed by atoms with E-state index in [1.807, 2.05) is 27.7 Å². The molecule has 0 radical (unpaired) electrons. The second-order valence-corrected chi connectivity index (χ2v) is 6.55. The molecular weight excluding hydrogens is 282 g/mol. The maximum atomic E-state index is 12.1. The summed E-state index contributed by atoms with van der Waals surface area (Å²) in [7, 11) is 0. The van der Waals surface area contributed by atoms with Crippen LogP contribution in [0.2, 0.25) is 0 Å². The van der Waals surface area contributed by atoms with E-state index in [0.29, 0.717) is 19.6 Å². The highest BCUT2D eigenvalue weighted by atomic mass is 16.6. The van der Waals surface area contributed by atoms with E-state index in [2.05, 4.69) is 12.2 Å². The molecule has 0 fully saturated rings. The molecule has 1 amide bonds. The van der Waals surface area contributed by atoms with Crippen LogP contribution in [0, 0.1) is 11.8 Å². The Morgan fingerprint density at radius 1 is 0.955 bits per heavy atom. The van der Waals surface area contributed by atoms with Crippen LogP contribution < -0.4 is 5.32 Å². The third kappa shape index (κ3) is 11.4. The molecule has 0 spiro atoms. The summed E-state index contributed by atoms with van der Waals surface area (Å²) in [5.41, 5.74) is 0. The summed E-state index contributed by atoms with van der Waals surface area (Å²) < 4.78 is 10.3. The van der Waals surface area contributed by atoms with Gasteiger partial charge < -0.3 is 14.8 Å². The van der Waals surface area contributed by atoms with E-state index in [1.54, 1.807) is 0 Å². The number of hydrogen-bond donors (Lipinski definition) is 1. The van der Waals surface area contributed by atoms with Crippen molar-refractivity contribution in [2.45, 2.75) is 72.8 Å². The second-order valence-electron chi connectivity index (χ2n) is 6.55. The quantitative estimate of drug-likeness (QED) is 0.464. The van der Waals surface area contributed by atoms with Crippen molar-refractivity contribution >= 4 is 12.1 Å². The molecule has 0 aromatic rings. The maximum Gasteiger partial charge on any atom is 0.407 e. The van der Waals surface area contributed by atoms with Crippen molar-refractivity contribution in [1.82, 2.24) is 5.32 Å². The molecule has 0 aliphatic carbocycles. The number of amides is 1. The Morgan fingerprint density at radius 2 is 1.64 bits per heavy atom. The number of nitrogens with one attached hydrogen (secondary N) is 1. The van der Waals surface area contributed by atoms with E-state index in [-0.39, 0.29) is 17.8 Å². The zero-order valence-electron chi connectivity index (χ0n) is 14.8. The van der Waals surface area contributed by atoms with Gasteiger partial charge in [0, 0.05) is 0 Å². The number of carbonyl (C=O) groups is 2. The molecule has 0 aliphatic rings. The Bertz CT molecular complexity index is 316. The van der Waals surface area contributed by atoms with E-state index in [0.717, 1.165) is 25.7 Å². The zero-order chi connectivity index (χ0) is 17.0. The Morgan fingerprint density at radius 3 is 2.18 bits per heavy atom. The Labute approximate surface area is 135 Å². The fourth-order valence-electron chi connectivity index (χ4n) is 1.91. The van der Waals surface area contributed by atoms with Gasteiger partial charge in [-0.25, -0.2) is 9.59 Å². The SMILES string of the molecule is CCCCCCOC(=O)[C@H](CC(C)C)NC(=O)OCC(C)C. The van der Waals surface area contributed by atoms with Crippen molar-refractivity contribution in [1.29, 1.82) is 0 Å². The fraction of sp³-hybridized carbons (Fsp3) is 0.882. The minimum Gasteiger partial charge on any atom is -0.464 e. The van der Waals surface area contributed by atoms with Gasteiger partial charge in [0.2, 0.25) is 0 Å². The van der Waals surface area contributed by atoms with Crippen LogP contribution in [-0.2, 0) is 14.3 Å². The maximum absolute atomic E-state index is 12.1. The number of rotatable bonds is 11. The fourth-order valence-corrected chi connectivity index (χ4v) is 1.91. The first-order valence-corrected chi connectivity index (χ1v) is 8.46. The van der Waals surface area contributed by atoms with Crippen LogP contribution in [0.5, 0.6) is 0 Å². The molecular formula is C17H33NO4. The summed E-state index contributed by atoms with van der Waals surface area (Å²) in [6.07, 6.45) is 4.21. The zero-order valence-corrected chi connectivity index (χ0v) is 14.8. The predicted molar refractivity (Wildman–Crippen MR) is 87.7 cm³/mol. The molecule has 1 atom stereocenters. The molecule has 5 heteroatoms. The number of unbranched alkanes of at least 4 members (excludes halogenated alkanes) is 3. The standard InChI is InChI=1S/C17H33NO4/c1-6-7-8-9-10-21-16(19)15(11-13(2)3)18-17(20)22-12-14(4)5/h13-15H,6-12H2,1-5H3,(H,18,20)/t15-/m0/s1. The molecule has 0 aromatic heterocycles. The molecule has 0 aromatic carbocycles. The van der Waals surface area contributed by atoms with Crippen LogP contribution in [0.15, 0.2) is 0 Å². The molecule has 0 rings (SSSR count). The van der Waals surface area contributed by atoms with Gasteiger partial charge in [0.05, 0.1) is 13.2 Å². The van der Waals surface area contributed by atoms with Crippen molar-refractivity contribution in [3.8, 4) is 0 Å². The van der Waals surface area contributed by atoms with E-state index < -0.39 is 12.1 Å². The lowest BCUT2D eigenvalue weighted by Crippen LogP contribution is -2.43. The first-order valence-electron chi connectivity index (χ1n) is 8.46. The van der Waals surface area contributed by atoms with Gasteiger partial charge in [-0.05, 0) is 24.7 Å². The minimum atomic E-state index is -0.633. The van der Waals surface area contributed by atoms with Gasteiger partial charge in [-0.2, -0.15) is 0 Å². The Hall–Kier alpha value is -1.26. The number of carbonyl (C=O) groups excluding carboxylic acids is 2. The first kappa shape index (κ1) is 20.7. The summed E-state index contributed by atoms with van der Waals surface area (Å²) in [6.45, 7) is 10.8. The summed E-state index contributed by atoms with van der Waals surface area (Å²) in [6, 6.07) is -0.633. The van der Waals surface area contributed by atoms with Crippen LogP contribution in [0.1, 0.15) is 66.7 Å². The highest BCUT2D eigenvalue weighted by Gasteiger charge is 2.24. The predicted octanol–water partition coefficient (Wildman–Crippen LogP) is 3.91. The average Bonchev–Trinajstić information content (AvgIpc) is 2.43. The molecule has 0 heterocycles. The lowest BCUT2D eigenvalue weighted by atomic mass is 10.0. The molecule has 0 unspecified atom stereocenters.